The fourth-order valence-corrected chi connectivity index (χ4v) is 3.21. The van der Waals surface area contributed by atoms with Gasteiger partial charge in [-0.05, 0) is 60.8 Å². The maximum atomic E-state index is 13.2. The summed E-state index contributed by atoms with van der Waals surface area (Å²) in [6.45, 7) is 1.53. The van der Waals surface area contributed by atoms with Gasteiger partial charge < -0.3 is 4.74 Å². The van der Waals surface area contributed by atoms with Gasteiger partial charge in [-0.1, -0.05) is 0 Å². The number of benzene rings is 2. The molecule has 2 N–H and O–H groups in total. The zero-order valence-electron chi connectivity index (χ0n) is 14.2. The highest BCUT2D eigenvalue weighted by Gasteiger charge is 2.17. The molecule has 0 radical (unpaired) electrons. The molecule has 27 heavy (non-hydrogen) atoms. The number of carbonyl (C=O) groups excluding carboxylic acids is 2. The highest BCUT2D eigenvalue weighted by molar-refractivity contribution is 7.20. The van der Waals surface area contributed by atoms with Gasteiger partial charge in [-0.25, -0.2) is 4.39 Å². The second kappa shape index (κ2) is 7.85. The number of thiophene rings is 1. The number of rotatable bonds is 4. The van der Waals surface area contributed by atoms with E-state index in [1.165, 1.54) is 30.4 Å². The number of fused-ring (bicyclic) bond motifs is 1. The van der Waals surface area contributed by atoms with Gasteiger partial charge in [0.25, 0.3) is 11.8 Å². The zero-order valence-corrected chi connectivity index (χ0v) is 15.0. The fourth-order valence-electron chi connectivity index (χ4n) is 2.27. The highest BCUT2D eigenvalue weighted by Crippen LogP contribution is 2.26. The van der Waals surface area contributed by atoms with Gasteiger partial charge in [0.05, 0.1) is 16.5 Å². The predicted molar refractivity (Wildman–Crippen MR) is 98.6 cm³/mol. The molecule has 0 saturated carbocycles. The third-order valence-corrected chi connectivity index (χ3v) is 4.78. The molecule has 2 amide bonds. The van der Waals surface area contributed by atoms with E-state index in [0.29, 0.717) is 21.6 Å². The third-order valence-electron chi connectivity index (χ3n) is 3.67. The third kappa shape index (κ3) is 4.40. The number of hydrogen-bond donors (Lipinski definition) is 2. The maximum absolute atomic E-state index is 13.2. The van der Waals surface area contributed by atoms with Crippen LogP contribution in [0.4, 0.5) is 4.39 Å². The fraction of sp³-hybridized carbons (Fsp3) is 0.105. The molecule has 0 aliphatic heterocycles. The highest BCUT2D eigenvalue weighted by atomic mass is 32.1. The maximum Gasteiger partial charge on any atom is 0.279 e. The van der Waals surface area contributed by atoms with Crippen LogP contribution >= 0.6 is 11.3 Å². The summed E-state index contributed by atoms with van der Waals surface area (Å²) in [6.07, 6.45) is -0.866. The molecular formula is C19H14FN3O3S. The summed E-state index contributed by atoms with van der Waals surface area (Å²) in [6, 6.07) is 14.1. The minimum atomic E-state index is -0.866. The molecule has 1 atom stereocenters. The van der Waals surface area contributed by atoms with Gasteiger partial charge in [0, 0.05) is 4.70 Å². The molecule has 1 heterocycles. The van der Waals surface area contributed by atoms with Crippen molar-refractivity contribution in [2.45, 2.75) is 13.0 Å². The Morgan fingerprint density at radius 2 is 1.89 bits per heavy atom. The van der Waals surface area contributed by atoms with Gasteiger partial charge in [-0.3, -0.25) is 20.4 Å². The number of halogens is 1. The Bertz CT molecular complexity index is 1040. The first-order chi connectivity index (χ1) is 13.0. The number of hydrogen-bond acceptors (Lipinski definition) is 5. The summed E-state index contributed by atoms with van der Waals surface area (Å²) in [5, 5.41) is 9.38. The molecule has 0 fully saturated rings. The smallest absolute Gasteiger partial charge is 0.279 e. The number of carbonyl (C=O) groups is 2. The van der Waals surface area contributed by atoms with Crippen LogP contribution < -0.4 is 15.6 Å². The van der Waals surface area contributed by atoms with Gasteiger partial charge in [0.1, 0.15) is 11.6 Å². The summed E-state index contributed by atoms with van der Waals surface area (Å²) in [5.41, 5.74) is 5.09. The lowest BCUT2D eigenvalue weighted by molar-refractivity contribution is -0.128. The molecule has 0 aliphatic rings. The first-order valence-corrected chi connectivity index (χ1v) is 8.74. The zero-order chi connectivity index (χ0) is 19.4. The molecule has 0 saturated heterocycles. The molecule has 3 rings (SSSR count). The molecule has 0 spiro atoms. The van der Waals surface area contributed by atoms with Crippen LogP contribution in [0.5, 0.6) is 5.75 Å². The van der Waals surface area contributed by atoms with Crippen LogP contribution in [0, 0.1) is 17.1 Å². The quantitative estimate of drug-likeness (QED) is 0.677. The van der Waals surface area contributed by atoms with Crippen LogP contribution in [0.2, 0.25) is 0 Å². The van der Waals surface area contributed by atoms with Gasteiger partial charge in [0.15, 0.2) is 6.10 Å². The summed E-state index contributed by atoms with van der Waals surface area (Å²) in [5.74, 6) is -1.00. The second-order valence-corrected chi connectivity index (χ2v) is 6.72. The molecule has 1 aromatic heterocycles. The Morgan fingerprint density at radius 3 is 2.59 bits per heavy atom. The lowest BCUT2D eigenvalue weighted by Crippen LogP contribution is -2.47. The van der Waals surface area contributed by atoms with Crippen molar-refractivity contribution in [2.24, 2.45) is 0 Å². The van der Waals surface area contributed by atoms with Crippen molar-refractivity contribution in [3.63, 3.8) is 0 Å². The number of amides is 2. The molecular weight excluding hydrogens is 369 g/mol. The lowest BCUT2D eigenvalue weighted by atomic mass is 10.2. The van der Waals surface area contributed by atoms with Crippen molar-refractivity contribution in [1.82, 2.24) is 10.9 Å². The van der Waals surface area contributed by atoms with E-state index in [1.807, 2.05) is 6.07 Å². The van der Waals surface area contributed by atoms with Crippen LogP contribution in [0.3, 0.4) is 0 Å². The van der Waals surface area contributed by atoms with Crippen LogP contribution in [0.15, 0.2) is 48.5 Å². The normalized spacial score (nSPS) is 11.4. The first-order valence-electron chi connectivity index (χ1n) is 7.92. The minimum absolute atomic E-state index is 0.344. The Hall–Kier alpha value is -3.44. The first kappa shape index (κ1) is 18.4. The van der Waals surface area contributed by atoms with E-state index in [9.17, 15) is 14.0 Å². The Labute approximate surface area is 158 Å². The van der Waals surface area contributed by atoms with E-state index in [1.54, 1.807) is 36.4 Å². The van der Waals surface area contributed by atoms with Crippen molar-refractivity contribution < 1.29 is 18.7 Å². The second-order valence-electron chi connectivity index (χ2n) is 5.63. The number of ether oxygens (including phenoxy) is 1. The average Bonchev–Trinajstić information content (AvgIpc) is 3.09. The van der Waals surface area contributed by atoms with Gasteiger partial charge in [-0.2, -0.15) is 5.26 Å². The van der Waals surface area contributed by atoms with Crippen LogP contribution in [0.25, 0.3) is 10.1 Å². The molecule has 0 bridgehead atoms. The minimum Gasteiger partial charge on any atom is -0.481 e. The van der Waals surface area contributed by atoms with Crippen molar-refractivity contribution in [2.75, 3.05) is 0 Å². The van der Waals surface area contributed by atoms with Crippen molar-refractivity contribution in [1.29, 1.82) is 5.26 Å². The SMILES string of the molecule is C[C@H](Oc1ccc(C#N)cc1)C(=O)NNC(=O)c1cc2cc(F)ccc2s1. The van der Waals surface area contributed by atoms with Crippen molar-refractivity contribution in [3.8, 4) is 11.8 Å². The molecule has 6 nitrogen and oxygen atoms in total. The van der Waals surface area contributed by atoms with Crippen molar-refractivity contribution >= 4 is 33.2 Å². The van der Waals surface area contributed by atoms with E-state index < -0.39 is 17.9 Å². The average molecular weight is 383 g/mol. The molecule has 136 valence electrons. The van der Waals surface area contributed by atoms with E-state index in [0.717, 1.165) is 4.70 Å². The van der Waals surface area contributed by atoms with Gasteiger partial charge in [-0.15, -0.1) is 11.3 Å². The number of nitrogens with one attached hydrogen (secondary N) is 2. The monoisotopic (exact) mass is 383 g/mol. The van der Waals surface area contributed by atoms with Gasteiger partial charge >= 0.3 is 0 Å². The Kier molecular flexibility index (Phi) is 5.33. The van der Waals surface area contributed by atoms with E-state index in [4.69, 9.17) is 10.00 Å². The van der Waals surface area contributed by atoms with Crippen LogP contribution in [-0.2, 0) is 4.79 Å². The van der Waals surface area contributed by atoms with Crippen LogP contribution in [-0.4, -0.2) is 17.9 Å². The summed E-state index contributed by atoms with van der Waals surface area (Å²) in [7, 11) is 0. The summed E-state index contributed by atoms with van der Waals surface area (Å²) >= 11 is 1.19. The standard InChI is InChI=1S/C19H14FN3O3S/c1-11(26-15-5-2-12(10-21)3-6-15)18(24)22-23-19(25)17-9-13-8-14(20)4-7-16(13)27-17/h2-9,11H,1H3,(H,22,24)(H,23,25)/t11-/m0/s1. The number of hydrazine groups is 1. The predicted octanol–water partition coefficient (Wildman–Crippen LogP) is 3.14. The number of nitriles is 1. The topological polar surface area (TPSA) is 91.2 Å². The summed E-state index contributed by atoms with van der Waals surface area (Å²) < 4.78 is 19.5. The van der Waals surface area contributed by atoms with Gasteiger partial charge in [0.2, 0.25) is 0 Å². The Morgan fingerprint density at radius 1 is 1.15 bits per heavy atom. The largest absolute Gasteiger partial charge is 0.481 e. The van der Waals surface area contributed by atoms with Crippen molar-refractivity contribution in [3.05, 3.63) is 64.8 Å². The van der Waals surface area contributed by atoms with E-state index in [2.05, 4.69) is 10.9 Å². The molecule has 8 heteroatoms. The number of nitrogens with zero attached hydrogens (tertiary/aromatic N) is 1. The molecule has 0 unspecified atom stereocenters. The summed E-state index contributed by atoms with van der Waals surface area (Å²) in [4.78, 5) is 24.6. The van der Waals surface area contributed by atoms with E-state index in [-0.39, 0.29) is 5.82 Å². The molecule has 2 aromatic carbocycles. The molecule has 0 aliphatic carbocycles. The Balaban J connectivity index is 1.56. The van der Waals surface area contributed by atoms with E-state index >= 15 is 0 Å². The van der Waals surface area contributed by atoms with Crippen LogP contribution in [0.1, 0.15) is 22.2 Å². The lowest BCUT2D eigenvalue weighted by Gasteiger charge is -2.14. The molecule has 3 aromatic rings.